The highest BCUT2D eigenvalue weighted by Gasteiger charge is 2.99. The van der Waals surface area contributed by atoms with Crippen molar-refractivity contribution in [2.45, 2.75) is 57.7 Å². The molecule has 5 aliphatic rings. The van der Waals surface area contributed by atoms with E-state index in [0.717, 1.165) is 19.3 Å². The van der Waals surface area contributed by atoms with E-state index in [1.807, 2.05) is 6.92 Å². The lowest BCUT2D eigenvalue weighted by Crippen LogP contribution is -2.49. The molecule has 0 aromatic heterocycles. The summed E-state index contributed by atoms with van der Waals surface area (Å²) in [5.41, 5.74) is -1.27. The number of carbonyl (C=O) groups excluding carboxylic acids is 2. The summed E-state index contributed by atoms with van der Waals surface area (Å²) in [5.74, 6) is 1.14. The number of Topliss-reactive ketones (excluding diaryl/α,β-unsaturated/α-hetero) is 2. The van der Waals surface area contributed by atoms with Crippen molar-refractivity contribution in [3.8, 4) is 0 Å². The lowest BCUT2D eigenvalue weighted by molar-refractivity contribution is -0.172. The molecule has 102 valence electrons. The molecule has 3 saturated carbocycles. The Labute approximate surface area is 113 Å². The highest BCUT2D eigenvalue weighted by atomic mass is 16.6. The Bertz CT molecular complexity index is 564. The lowest BCUT2D eigenvalue weighted by Gasteiger charge is -2.48. The number of rotatable bonds is 0. The first-order valence-electron chi connectivity index (χ1n) is 7.58. The summed E-state index contributed by atoms with van der Waals surface area (Å²) in [6.45, 7) is 6.47. The minimum atomic E-state index is -0.587. The number of ketones is 2. The van der Waals surface area contributed by atoms with E-state index >= 15 is 0 Å². The van der Waals surface area contributed by atoms with Gasteiger partial charge in [-0.1, -0.05) is 13.8 Å². The Morgan fingerprint density at radius 2 is 1.95 bits per heavy atom. The fourth-order valence-corrected chi connectivity index (χ4v) is 6.82. The first-order valence-corrected chi connectivity index (χ1v) is 7.58. The summed E-state index contributed by atoms with van der Waals surface area (Å²) in [7, 11) is 0. The van der Waals surface area contributed by atoms with E-state index in [4.69, 9.17) is 4.74 Å². The van der Waals surface area contributed by atoms with Crippen LogP contribution < -0.4 is 0 Å². The van der Waals surface area contributed by atoms with Crippen molar-refractivity contribution in [2.24, 2.45) is 28.6 Å². The second-order valence-corrected chi connectivity index (χ2v) is 8.41. The molecule has 6 atom stereocenters. The maximum Gasteiger partial charge on any atom is 0.174 e. The molecule has 5 fully saturated rings. The Morgan fingerprint density at radius 1 is 1.21 bits per heavy atom. The smallest absolute Gasteiger partial charge is 0.174 e. The number of hydrogen-bond donors (Lipinski definition) is 0. The molecule has 3 heteroatoms. The van der Waals surface area contributed by atoms with Gasteiger partial charge in [-0.2, -0.15) is 0 Å². The normalized spacial score (nSPS) is 63.2. The molecule has 5 rings (SSSR count). The molecule has 3 aliphatic carbocycles. The minimum absolute atomic E-state index is 0.0855. The monoisotopic (exact) mass is 260 g/mol. The molecule has 3 nitrogen and oxygen atoms in total. The van der Waals surface area contributed by atoms with Crippen molar-refractivity contribution < 1.29 is 14.3 Å². The Morgan fingerprint density at radius 3 is 2.68 bits per heavy atom. The summed E-state index contributed by atoms with van der Waals surface area (Å²) in [4.78, 5) is 25.5. The number of hydrogen-bond acceptors (Lipinski definition) is 3. The zero-order valence-corrected chi connectivity index (χ0v) is 11.8. The minimum Gasteiger partial charge on any atom is -0.359 e. The zero-order chi connectivity index (χ0) is 13.4. The third-order valence-electron chi connectivity index (χ3n) is 7.27. The number of ether oxygens (including phenoxy) is 1. The summed E-state index contributed by atoms with van der Waals surface area (Å²) in [5, 5.41) is 0. The molecule has 0 aromatic carbocycles. The van der Waals surface area contributed by atoms with E-state index in [1.54, 1.807) is 0 Å². The lowest BCUT2D eigenvalue weighted by atomic mass is 9.58. The third kappa shape index (κ3) is 0.754. The summed E-state index contributed by atoms with van der Waals surface area (Å²) in [6.07, 6.45) is 3.64. The van der Waals surface area contributed by atoms with Crippen LogP contribution in [-0.4, -0.2) is 22.8 Å². The van der Waals surface area contributed by atoms with Crippen LogP contribution >= 0.6 is 0 Å². The first kappa shape index (κ1) is 11.0. The average molecular weight is 260 g/mol. The standard InChI is InChI=1S/C16H20O3/c1-13(2)7-8-4-5-14(3)12(18)15-10(13)6-9(17)11(15)16(8,15)19-14/h8,10-11H,4-7H2,1-3H3/t8-,10-,11?,14-,15?,16?/m1/s1. The maximum atomic E-state index is 13.1. The second kappa shape index (κ2) is 2.45. The van der Waals surface area contributed by atoms with Crippen LogP contribution in [0.25, 0.3) is 0 Å². The highest BCUT2D eigenvalue weighted by Crippen LogP contribution is 2.88. The van der Waals surface area contributed by atoms with Gasteiger partial charge in [0.1, 0.15) is 11.4 Å². The van der Waals surface area contributed by atoms with Crippen molar-refractivity contribution in [1.29, 1.82) is 0 Å². The molecule has 2 aliphatic heterocycles. The van der Waals surface area contributed by atoms with Gasteiger partial charge in [-0.05, 0) is 43.4 Å². The molecular weight excluding hydrogens is 240 g/mol. The van der Waals surface area contributed by atoms with E-state index in [9.17, 15) is 9.59 Å². The second-order valence-electron chi connectivity index (χ2n) is 8.41. The van der Waals surface area contributed by atoms with E-state index < -0.39 is 11.0 Å². The van der Waals surface area contributed by atoms with E-state index in [0.29, 0.717) is 18.1 Å². The predicted octanol–water partition coefficient (Wildman–Crippen LogP) is 2.13. The maximum absolute atomic E-state index is 13.1. The van der Waals surface area contributed by atoms with Crippen molar-refractivity contribution in [3.05, 3.63) is 0 Å². The Kier molecular flexibility index (Phi) is 1.42. The average Bonchev–Trinajstić information content (AvgIpc) is 2.67. The van der Waals surface area contributed by atoms with Crippen molar-refractivity contribution in [2.75, 3.05) is 0 Å². The van der Waals surface area contributed by atoms with Gasteiger partial charge in [-0.15, -0.1) is 0 Å². The summed E-state index contributed by atoms with van der Waals surface area (Å²) in [6, 6.07) is 0. The van der Waals surface area contributed by atoms with Crippen LogP contribution in [-0.2, 0) is 14.3 Å². The van der Waals surface area contributed by atoms with Crippen LogP contribution in [0.4, 0.5) is 0 Å². The topological polar surface area (TPSA) is 43.4 Å². The molecule has 3 unspecified atom stereocenters. The van der Waals surface area contributed by atoms with Gasteiger partial charge in [0.05, 0.1) is 16.9 Å². The van der Waals surface area contributed by atoms with Crippen molar-refractivity contribution in [3.63, 3.8) is 0 Å². The van der Waals surface area contributed by atoms with Gasteiger partial charge in [0.25, 0.3) is 0 Å². The van der Waals surface area contributed by atoms with Crippen molar-refractivity contribution >= 4 is 11.6 Å². The van der Waals surface area contributed by atoms with Gasteiger partial charge >= 0.3 is 0 Å². The Hall–Kier alpha value is -0.700. The number of fused-ring (bicyclic) bond motifs is 1. The molecule has 0 N–H and O–H groups in total. The Balaban J connectivity index is 1.82. The molecule has 2 heterocycles. The number of carbonyl (C=O) groups is 2. The fourth-order valence-electron chi connectivity index (χ4n) is 6.82. The van der Waals surface area contributed by atoms with Gasteiger partial charge < -0.3 is 4.74 Å². The van der Waals surface area contributed by atoms with Crippen LogP contribution in [0.15, 0.2) is 0 Å². The quantitative estimate of drug-likeness (QED) is 0.670. The molecule has 0 amide bonds. The zero-order valence-electron chi connectivity index (χ0n) is 11.8. The van der Waals surface area contributed by atoms with E-state index in [2.05, 4.69) is 13.8 Å². The van der Waals surface area contributed by atoms with Crippen LogP contribution in [0, 0.1) is 28.6 Å². The van der Waals surface area contributed by atoms with Crippen LogP contribution in [0.3, 0.4) is 0 Å². The predicted molar refractivity (Wildman–Crippen MR) is 67.4 cm³/mol. The van der Waals surface area contributed by atoms with Gasteiger partial charge in [0.15, 0.2) is 5.78 Å². The van der Waals surface area contributed by atoms with Crippen LogP contribution in [0.5, 0.6) is 0 Å². The molecule has 0 radical (unpaired) electrons. The molecule has 19 heavy (non-hydrogen) atoms. The highest BCUT2D eigenvalue weighted by molar-refractivity contribution is 6.11. The SMILES string of the molecule is CC1(C)C[C@H]2CC[C@@]3(C)OC24C2C(=O)C[C@H]1C24C3=O. The van der Waals surface area contributed by atoms with Crippen molar-refractivity contribution in [1.82, 2.24) is 0 Å². The summed E-state index contributed by atoms with van der Waals surface area (Å²) >= 11 is 0. The molecule has 2 spiro atoms. The van der Waals surface area contributed by atoms with Crippen LogP contribution in [0.2, 0.25) is 0 Å². The van der Waals surface area contributed by atoms with Gasteiger partial charge in [-0.25, -0.2) is 0 Å². The van der Waals surface area contributed by atoms with Gasteiger partial charge in [0, 0.05) is 6.42 Å². The third-order valence-corrected chi connectivity index (χ3v) is 7.27. The molecular formula is C16H20O3. The van der Waals surface area contributed by atoms with Gasteiger partial charge in [0.2, 0.25) is 0 Å². The molecule has 0 aromatic rings. The van der Waals surface area contributed by atoms with E-state index in [1.165, 1.54) is 0 Å². The largest absolute Gasteiger partial charge is 0.359 e. The molecule has 2 saturated heterocycles. The van der Waals surface area contributed by atoms with E-state index in [-0.39, 0.29) is 28.6 Å². The summed E-state index contributed by atoms with van der Waals surface area (Å²) < 4.78 is 6.34. The fraction of sp³-hybridized carbons (Fsp3) is 0.875. The van der Waals surface area contributed by atoms with Gasteiger partial charge in [-0.3, -0.25) is 9.59 Å². The molecule has 2 bridgehead atoms. The van der Waals surface area contributed by atoms with Crippen LogP contribution in [0.1, 0.15) is 46.5 Å². The first-order chi connectivity index (χ1) is 8.81.